The highest BCUT2D eigenvalue weighted by Crippen LogP contribution is 2.35. The maximum absolute atomic E-state index is 13.1. The van der Waals surface area contributed by atoms with E-state index in [1.807, 2.05) is 0 Å². The number of halogens is 4. The third-order valence-electron chi connectivity index (χ3n) is 2.58. The van der Waals surface area contributed by atoms with Gasteiger partial charge in [0.1, 0.15) is 5.70 Å². The van der Waals surface area contributed by atoms with Crippen LogP contribution in [0.4, 0.5) is 13.2 Å². The quantitative estimate of drug-likeness (QED) is 0.610. The highest BCUT2D eigenvalue weighted by atomic mass is 35.5. The van der Waals surface area contributed by atoms with Crippen LogP contribution >= 0.6 is 11.6 Å². The van der Waals surface area contributed by atoms with E-state index in [0.29, 0.717) is 5.56 Å². The van der Waals surface area contributed by atoms with Gasteiger partial charge < -0.3 is 10.3 Å². The van der Waals surface area contributed by atoms with Gasteiger partial charge in [0.15, 0.2) is 5.62 Å². The first-order chi connectivity index (χ1) is 8.41. The van der Waals surface area contributed by atoms with Gasteiger partial charge in [-0.15, -0.1) is 0 Å². The molecule has 98 valence electrons. The summed E-state index contributed by atoms with van der Waals surface area (Å²) in [6.45, 7) is 0. The van der Waals surface area contributed by atoms with Gasteiger partial charge in [0.25, 0.3) is 0 Å². The summed E-state index contributed by atoms with van der Waals surface area (Å²) in [6, 6.07) is 8.27. The molecular formula is C11H11ClF3N3. The fourth-order valence-electron chi connectivity index (χ4n) is 1.73. The zero-order valence-electron chi connectivity index (χ0n) is 9.42. The third-order valence-corrected chi connectivity index (χ3v) is 2.98. The molecule has 1 heterocycles. The van der Waals surface area contributed by atoms with E-state index in [0.717, 1.165) is 4.90 Å². The molecule has 3 nitrogen and oxygen atoms in total. The number of nitrogens with zero attached hydrogens (tertiary/aromatic N) is 1. The average Bonchev–Trinajstić information content (AvgIpc) is 2.32. The number of alkyl halides is 4. The summed E-state index contributed by atoms with van der Waals surface area (Å²) in [4.78, 5) is 0.945. The van der Waals surface area contributed by atoms with Crippen LogP contribution in [0.1, 0.15) is 5.56 Å². The molecule has 0 aliphatic carbocycles. The lowest BCUT2D eigenvalue weighted by molar-refractivity contribution is -0.112. The van der Waals surface area contributed by atoms with Gasteiger partial charge in [0, 0.05) is 12.6 Å². The van der Waals surface area contributed by atoms with Crippen molar-refractivity contribution in [2.24, 2.45) is 0 Å². The number of benzene rings is 1. The monoisotopic (exact) mass is 277 g/mol. The van der Waals surface area contributed by atoms with Crippen molar-refractivity contribution in [2.45, 2.75) is 11.8 Å². The Morgan fingerprint density at radius 3 is 2.39 bits per heavy atom. The van der Waals surface area contributed by atoms with Crippen molar-refractivity contribution in [3.63, 3.8) is 0 Å². The van der Waals surface area contributed by atoms with E-state index in [2.05, 4.69) is 10.9 Å². The Balaban J connectivity index is 2.55. The fourth-order valence-corrected chi connectivity index (χ4v) is 1.88. The van der Waals surface area contributed by atoms with Crippen molar-refractivity contribution in [1.29, 1.82) is 0 Å². The normalized spacial score (nSPS) is 20.9. The molecule has 7 heteroatoms. The first-order valence-electron chi connectivity index (χ1n) is 5.16. The molecule has 0 radical (unpaired) electrons. The van der Waals surface area contributed by atoms with E-state index in [1.165, 1.54) is 7.05 Å². The van der Waals surface area contributed by atoms with Gasteiger partial charge in [-0.1, -0.05) is 41.9 Å². The maximum atomic E-state index is 13.1. The molecule has 0 amide bonds. The maximum Gasteiger partial charge on any atom is 0.433 e. The predicted molar refractivity (Wildman–Crippen MR) is 63.1 cm³/mol. The minimum Gasteiger partial charge on any atom is -0.339 e. The molecule has 1 aromatic rings. The van der Waals surface area contributed by atoms with Crippen LogP contribution in [0, 0.1) is 0 Å². The molecule has 2 N–H and O–H groups in total. The number of nitrogens with one attached hydrogen (secondary N) is 2. The van der Waals surface area contributed by atoms with Crippen LogP contribution in [-0.4, -0.2) is 23.7 Å². The molecule has 2 rings (SSSR count). The predicted octanol–water partition coefficient (Wildman–Crippen LogP) is 2.48. The Kier molecular flexibility index (Phi) is 3.41. The second-order valence-corrected chi connectivity index (χ2v) is 4.22. The highest BCUT2D eigenvalue weighted by molar-refractivity contribution is 6.20. The molecule has 1 aliphatic rings. The van der Waals surface area contributed by atoms with Crippen molar-refractivity contribution in [1.82, 2.24) is 15.8 Å². The van der Waals surface area contributed by atoms with Crippen molar-refractivity contribution < 1.29 is 13.2 Å². The molecule has 1 atom stereocenters. The van der Waals surface area contributed by atoms with Gasteiger partial charge in [-0.05, 0) is 0 Å². The van der Waals surface area contributed by atoms with Gasteiger partial charge in [-0.25, -0.2) is 5.43 Å². The summed E-state index contributed by atoms with van der Waals surface area (Å²) >= 11 is 5.74. The van der Waals surface area contributed by atoms with Gasteiger partial charge >= 0.3 is 6.18 Å². The van der Waals surface area contributed by atoms with E-state index in [9.17, 15) is 13.2 Å². The first kappa shape index (κ1) is 13.0. The molecule has 18 heavy (non-hydrogen) atoms. The Morgan fingerprint density at radius 2 is 1.83 bits per heavy atom. The molecule has 0 bridgehead atoms. The third kappa shape index (κ3) is 2.39. The van der Waals surface area contributed by atoms with Crippen LogP contribution in [0.5, 0.6) is 0 Å². The highest BCUT2D eigenvalue weighted by Gasteiger charge is 2.43. The largest absolute Gasteiger partial charge is 0.433 e. The summed E-state index contributed by atoms with van der Waals surface area (Å²) in [5, 5.41) is 0. The lowest BCUT2D eigenvalue weighted by atomic mass is 10.1. The smallest absolute Gasteiger partial charge is 0.339 e. The second kappa shape index (κ2) is 4.70. The molecule has 0 fully saturated rings. The van der Waals surface area contributed by atoms with Crippen molar-refractivity contribution in [3.8, 4) is 0 Å². The van der Waals surface area contributed by atoms with Gasteiger partial charge in [0.05, 0.1) is 5.70 Å². The van der Waals surface area contributed by atoms with Crippen LogP contribution in [0.3, 0.4) is 0 Å². The number of allylic oxidation sites excluding steroid dienone is 1. The number of hydrogen-bond donors (Lipinski definition) is 2. The van der Waals surface area contributed by atoms with E-state index >= 15 is 0 Å². The number of hydrazine groups is 1. The summed E-state index contributed by atoms with van der Waals surface area (Å²) in [6.07, 6.45) is -4.48. The summed E-state index contributed by atoms with van der Waals surface area (Å²) in [5.41, 5.74) is 3.71. The Morgan fingerprint density at radius 1 is 1.22 bits per heavy atom. The van der Waals surface area contributed by atoms with E-state index in [4.69, 9.17) is 11.6 Å². The average molecular weight is 278 g/mol. The summed E-state index contributed by atoms with van der Waals surface area (Å²) in [7, 11) is 1.29. The van der Waals surface area contributed by atoms with E-state index in [1.54, 1.807) is 30.3 Å². The van der Waals surface area contributed by atoms with E-state index in [-0.39, 0.29) is 5.70 Å². The van der Waals surface area contributed by atoms with Gasteiger partial charge in [0.2, 0.25) is 0 Å². The van der Waals surface area contributed by atoms with Crippen molar-refractivity contribution in [2.75, 3.05) is 7.05 Å². The number of rotatable bonds is 1. The van der Waals surface area contributed by atoms with Crippen LogP contribution in [0.25, 0.3) is 5.70 Å². The SMILES string of the molecule is CN1C(C(F)(F)F)=C(c2ccccc2)NNC1Cl. The molecule has 0 saturated carbocycles. The zero-order valence-corrected chi connectivity index (χ0v) is 10.2. The Bertz CT molecular complexity index is 458. The molecular weight excluding hydrogens is 267 g/mol. The molecule has 1 aromatic carbocycles. The van der Waals surface area contributed by atoms with Crippen LogP contribution in [0.15, 0.2) is 36.0 Å². The minimum atomic E-state index is -4.48. The second-order valence-electron chi connectivity index (χ2n) is 3.80. The summed E-state index contributed by atoms with van der Waals surface area (Å²) < 4.78 is 39.2. The fraction of sp³-hybridized carbons (Fsp3) is 0.273. The molecule has 1 aliphatic heterocycles. The van der Waals surface area contributed by atoms with Gasteiger partial charge in [-0.2, -0.15) is 13.2 Å². The van der Waals surface area contributed by atoms with E-state index < -0.39 is 17.5 Å². The Labute approximate surface area is 107 Å². The summed E-state index contributed by atoms with van der Waals surface area (Å²) in [5.74, 6) is 0. The first-order valence-corrected chi connectivity index (χ1v) is 5.60. The topological polar surface area (TPSA) is 27.3 Å². The minimum absolute atomic E-state index is 0.0394. The van der Waals surface area contributed by atoms with Crippen molar-refractivity contribution >= 4 is 17.3 Å². The molecule has 0 saturated heterocycles. The lowest BCUT2D eigenvalue weighted by Gasteiger charge is -2.36. The molecule has 0 aromatic heterocycles. The van der Waals surface area contributed by atoms with Crippen LogP contribution < -0.4 is 10.9 Å². The lowest BCUT2D eigenvalue weighted by Crippen LogP contribution is -2.53. The van der Waals surface area contributed by atoms with Crippen LogP contribution in [-0.2, 0) is 0 Å². The standard InChI is InChI=1S/C11H11ClF3N3/c1-18-9(11(13,14)15)8(16-17-10(18)12)7-5-3-2-4-6-7/h2-6,10,16-17H,1H3. The zero-order chi connectivity index (χ0) is 13.3. The van der Waals surface area contributed by atoms with Crippen LogP contribution in [0.2, 0.25) is 0 Å². The molecule has 0 spiro atoms. The van der Waals surface area contributed by atoms with Crippen molar-refractivity contribution in [3.05, 3.63) is 41.6 Å². The number of hydrogen-bond acceptors (Lipinski definition) is 3. The van der Waals surface area contributed by atoms with Gasteiger partial charge in [-0.3, -0.25) is 0 Å². The molecule has 1 unspecified atom stereocenters. The Hall–Kier alpha value is -1.40.